The molecule has 0 aliphatic rings. The van der Waals surface area contributed by atoms with E-state index in [-0.39, 0.29) is 5.91 Å². The van der Waals surface area contributed by atoms with Crippen LogP contribution in [0.3, 0.4) is 0 Å². The highest BCUT2D eigenvalue weighted by Gasteiger charge is 2.10. The van der Waals surface area contributed by atoms with Gasteiger partial charge in [0.15, 0.2) is 0 Å². The van der Waals surface area contributed by atoms with Crippen molar-refractivity contribution < 1.29 is 4.79 Å². The second-order valence-corrected chi connectivity index (χ2v) is 6.60. The van der Waals surface area contributed by atoms with Crippen LogP contribution < -0.4 is 10.2 Å². The summed E-state index contributed by atoms with van der Waals surface area (Å²) in [5.74, 6) is -0.155. The minimum absolute atomic E-state index is 0.155. The summed E-state index contributed by atoms with van der Waals surface area (Å²) in [5.41, 5.74) is 5.70. The predicted octanol–water partition coefficient (Wildman–Crippen LogP) is 4.59. The number of aromatic nitrogens is 1. The summed E-state index contributed by atoms with van der Waals surface area (Å²) in [6.45, 7) is 4.79. The van der Waals surface area contributed by atoms with Crippen LogP contribution in [0.2, 0.25) is 0 Å². The van der Waals surface area contributed by atoms with Gasteiger partial charge in [-0.05, 0) is 48.7 Å². The minimum Gasteiger partial charge on any atom is -0.369 e. The van der Waals surface area contributed by atoms with Crippen LogP contribution in [-0.2, 0) is 6.54 Å². The Labute approximate surface area is 154 Å². The number of nitrogens with zero attached hydrogens (tertiary/aromatic N) is 2. The summed E-state index contributed by atoms with van der Waals surface area (Å²) in [7, 11) is 2.00. The second-order valence-electron chi connectivity index (χ2n) is 6.60. The minimum atomic E-state index is -0.155. The summed E-state index contributed by atoms with van der Waals surface area (Å²) in [4.78, 5) is 18.9. The Kier molecular flexibility index (Phi) is 5.32. The third-order valence-corrected chi connectivity index (χ3v) is 4.17. The maximum atomic E-state index is 12.6. The fourth-order valence-electron chi connectivity index (χ4n) is 2.96. The standard InChI is InChI=1S/C22H23N3O/c1-16-9-17(2)11-20(10-16)24-22(26)19-12-21(14-23-13-19)25(3)15-18-7-5-4-6-8-18/h4-14H,15H2,1-3H3,(H,24,26). The third kappa shape index (κ3) is 4.48. The van der Waals surface area contributed by atoms with Gasteiger partial charge in [-0.2, -0.15) is 0 Å². The average Bonchev–Trinajstić information content (AvgIpc) is 2.62. The van der Waals surface area contributed by atoms with Gasteiger partial charge in [0.25, 0.3) is 5.91 Å². The maximum absolute atomic E-state index is 12.6. The predicted molar refractivity (Wildman–Crippen MR) is 107 cm³/mol. The number of anilines is 2. The molecule has 0 saturated carbocycles. The first-order valence-electron chi connectivity index (χ1n) is 8.61. The molecule has 0 bridgehead atoms. The highest BCUT2D eigenvalue weighted by atomic mass is 16.1. The normalized spacial score (nSPS) is 10.4. The van der Waals surface area contributed by atoms with Gasteiger partial charge in [-0.25, -0.2) is 0 Å². The molecule has 0 fully saturated rings. The Morgan fingerprint density at radius 1 is 1.00 bits per heavy atom. The van der Waals surface area contributed by atoms with Crippen LogP contribution in [0.5, 0.6) is 0 Å². The fraction of sp³-hybridized carbons (Fsp3) is 0.182. The number of aryl methyl sites for hydroxylation is 2. The zero-order valence-corrected chi connectivity index (χ0v) is 15.4. The van der Waals surface area contributed by atoms with Gasteiger partial charge in [0, 0.05) is 25.5 Å². The van der Waals surface area contributed by atoms with E-state index in [9.17, 15) is 4.79 Å². The second kappa shape index (κ2) is 7.83. The first-order chi connectivity index (χ1) is 12.5. The Balaban J connectivity index is 1.74. The fourth-order valence-corrected chi connectivity index (χ4v) is 2.96. The molecular weight excluding hydrogens is 322 g/mol. The average molecular weight is 345 g/mol. The maximum Gasteiger partial charge on any atom is 0.257 e. The third-order valence-electron chi connectivity index (χ3n) is 4.17. The van der Waals surface area contributed by atoms with Gasteiger partial charge >= 0.3 is 0 Å². The number of carbonyl (C=O) groups excluding carboxylic acids is 1. The van der Waals surface area contributed by atoms with Gasteiger partial charge in [0.2, 0.25) is 0 Å². The molecule has 4 nitrogen and oxygen atoms in total. The Hall–Kier alpha value is -3.14. The molecule has 0 atom stereocenters. The molecule has 3 rings (SSSR count). The smallest absolute Gasteiger partial charge is 0.257 e. The number of hydrogen-bond acceptors (Lipinski definition) is 3. The van der Waals surface area contributed by atoms with Gasteiger partial charge in [-0.1, -0.05) is 36.4 Å². The van der Waals surface area contributed by atoms with Crippen molar-refractivity contribution in [1.82, 2.24) is 4.98 Å². The molecular formula is C22H23N3O. The van der Waals surface area contributed by atoms with Crippen molar-refractivity contribution in [3.63, 3.8) is 0 Å². The van der Waals surface area contributed by atoms with Crippen LogP contribution in [-0.4, -0.2) is 17.9 Å². The van der Waals surface area contributed by atoms with Crippen molar-refractivity contribution in [3.8, 4) is 0 Å². The zero-order valence-electron chi connectivity index (χ0n) is 15.4. The number of carbonyl (C=O) groups is 1. The van der Waals surface area contributed by atoms with Crippen molar-refractivity contribution in [2.45, 2.75) is 20.4 Å². The molecule has 0 unspecified atom stereocenters. The lowest BCUT2D eigenvalue weighted by Crippen LogP contribution is -2.18. The van der Waals surface area contributed by atoms with E-state index in [1.165, 1.54) is 5.56 Å². The molecule has 4 heteroatoms. The highest BCUT2D eigenvalue weighted by Crippen LogP contribution is 2.18. The van der Waals surface area contributed by atoms with E-state index in [4.69, 9.17) is 0 Å². The van der Waals surface area contributed by atoms with Gasteiger partial charge in [0.1, 0.15) is 0 Å². The molecule has 1 amide bonds. The van der Waals surface area contributed by atoms with Crippen molar-refractivity contribution >= 4 is 17.3 Å². The molecule has 26 heavy (non-hydrogen) atoms. The van der Waals surface area contributed by atoms with E-state index in [1.54, 1.807) is 12.4 Å². The number of hydrogen-bond donors (Lipinski definition) is 1. The number of pyridine rings is 1. The molecule has 2 aromatic carbocycles. The lowest BCUT2D eigenvalue weighted by atomic mass is 10.1. The Morgan fingerprint density at radius 3 is 2.38 bits per heavy atom. The quantitative estimate of drug-likeness (QED) is 0.736. The largest absolute Gasteiger partial charge is 0.369 e. The number of rotatable bonds is 5. The van der Waals surface area contributed by atoms with Gasteiger partial charge < -0.3 is 10.2 Å². The Morgan fingerprint density at radius 2 is 1.69 bits per heavy atom. The molecule has 132 valence electrons. The van der Waals surface area contributed by atoms with Crippen molar-refractivity contribution in [3.05, 3.63) is 89.2 Å². The van der Waals surface area contributed by atoms with Crippen molar-refractivity contribution in [2.75, 3.05) is 17.3 Å². The molecule has 0 aliphatic heterocycles. The molecule has 1 aromatic heterocycles. The van der Waals surface area contributed by atoms with E-state index in [1.807, 2.05) is 57.3 Å². The SMILES string of the molecule is Cc1cc(C)cc(NC(=O)c2cncc(N(C)Cc3ccccc3)c2)c1. The van der Waals surface area contributed by atoms with Crippen molar-refractivity contribution in [2.24, 2.45) is 0 Å². The van der Waals surface area contributed by atoms with E-state index >= 15 is 0 Å². The van der Waals surface area contributed by atoms with Crippen LogP contribution >= 0.6 is 0 Å². The summed E-state index contributed by atoms with van der Waals surface area (Å²) >= 11 is 0. The van der Waals surface area contributed by atoms with Crippen LogP contribution in [0.1, 0.15) is 27.0 Å². The molecule has 1 heterocycles. The van der Waals surface area contributed by atoms with Crippen LogP contribution in [0, 0.1) is 13.8 Å². The summed E-state index contributed by atoms with van der Waals surface area (Å²) in [6.07, 6.45) is 3.37. The number of amides is 1. The van der Waals surface area contributed by atoms with E-state index in [2.05, 4.69) is 33.4 Å². The molecule has 0 saturated heterocycles. The first-order valence-corrected chi connectivity index (χ1v) is 8.61. The van der Waals surface area contributed by atoms with Gasteiger partial charge in [-0.15, -0.1) is 0 Å². The van der Waals surface area contributed by atoms with Crippen LogP contribution in [0.25, 0.3) is 0 Å². The summed E-state index contributed by atoms with van der Waals surface area (Å²) in [5, 5.41) is 2.96. The molecule has 0 spiro atoms. The summed E-state index contributed by atoms with van der Waals surface area (Å²) in [6, 6.07) is 18.1. The van der Waals surface area contributed by atoms with E-state index < -0.39 is 0 Å². The Bertz CT molecular complexity index is 886. The first kappa shape index (κ1) is 17.7. The molecule has 3 aromatic rings. The van der Waals surface area contributed by atoms with Crippen LogP contribution in [0.15, 0.2) is 67.0 Å². The topological polar surface area (TPSA) is 45.2 Å². The van der Waals surface area contributed by atoms with Gasteiger partial charge in [-0.3, -0.25) is 9.78 Å². The van der Waals surface area contributed by atoms with Crippen molar-refractivity contribution in [1.29, 1.82) is 0 Å². The number of nitrogens with one attached hydrogen (secondary N) is 1. The number of benzene rings is 2. The molecule has 1 N–H and O–H groups in total. The lowest BCUT2D eigenvalue weighted by Gasteiger charge is -2.19. The lowest BCUT2D eigenvalue weighted by molar-refractivity contribution is 0.102. The molecule has 0 aliphatic carbocycles. The van der Waals surface area contributed by atoms with Crippen LogP contribution in [0.4, 0.5) is 11.4 Å². The zero-order chi connectivity index (χ0) is 18.5. The van der Waals surface area contributed by atoms with E-state index in [0.717, 1.165) is 29.0 Å². The molecule has 0 radical (unpaired) electrons. The summed E-state index contributed by atoms with van der Waals surface area (Å²) < 4.78 is 0. The van der Waals surface area contributed by atoms with Gasteiger partial charge in [0.05, 0.1) is 17.4 Å². The van der Waals surface area contributed by atoms with E-state index in [0.29, 0.717) is 5.56 Å². The monoisotopic (exact) mass is 345 g/mol. The highest BCUT2D eigenvalue weighted by molar-refractivity contribution is 6.04.